The van der Waals surface area contributed by atoms with E-state index in [0.717, 1.165) is 43.1 Å². The van der Waals surface area contributed by atoms with E-state index in [-0.39, 0.29) is 11.4 Å². The Bertz CT molecular complexity index is 782. The number of aromatic nitrogens is 2. The lowest BCUT2D eigenvalue weighted by molar-refractivity contribution is 0.102. The molecule has 0 fully saturated rings. The normalized spacial score (nSPS) is 13.1. The number of nitrogens with zero attached hydrogens (tertiary/aromatic N) is 3. The quantitative estimate of drug-likeness (QED) is 0.924. The smallest absolute Gasteiger partial charge is 0.259 e. The van der Waals surface area contributed by atoms with Gasteiger partial charge >= 0.3 is 0 Å². The highest BCUT2D eigenvalue weighted by Gasteiger charge is 2.18. The Hall–Kier alpha value is -2.81. The Kier molecular flexibility index (Phi) is 3.79. The number of carbonyl (C=O) groups excluding carboxylic acids is 1. The Morgan fingerprint density at radius 3 is 2.95 bits per heavy atom. The van der Waals surface area contributed by atoms with Crippen molar-refractivity contribution < 1.29 is 9.18 Å². The molecule has 6 heteroatoms. The third-order valence-electron chi connectivity index (χ3n) is 3.67. The number of halogens is 1. The van der Waals surface area contributed by atoms with E-state index in [0.29, 0.717) is 5.56 Å². The summed E-state index contributed by atoms with van der Waals surface area (Å²) < 4.78 is 13.6. The van der Waals surface area contributed by atoms with Crippen LogP contribution in [0.2, 0.25) is 0 Å². The first kappa shape index (κ1) is 14.1. The van der Waals surface area contributed by atoms with Gasteiger partial charge in [-0.15, -0.1) is 0 Å². The predicted molar refractivity (Wildman–Crippen MR) is 77.7 cm³/mol. The Labute approximate surface area is 126 Å². The molecule has 2 aromatic rings. The number of fused-ring (bicyclic) bond motifs is 1. The number of rotatable bonds is 2. The van der Waals surface area contributed by atoms with Crippen LogP contribution in [0.3, 0.4) is 0 Å². The van der Waals surface area contributed by atoms with E-state index in [4.69, 9.17) is 0 Å². The monoisotopic (exact) mass is 296 g/mol. The predicted octanol–water partition coefficient (Wildman–Crippen LogP) is 2.62. The molecule has 2 heterocycles. The van der Waals surface area contributed by atoms with Gasteiger partial charge in [-0.1, -0.05) is 0 Å². The lowest BCUT2D eigenvalue weighted by atomic mass is 9.95. The molecule has 0 bridgehead atoms. The SMILES string of the molecule is N#Cc1cc2c(nc1NC(=O)c1ccncc1F)CCCC2. The second-order valence-corrected chi connectivity index (χ2v) is 5.12. The van der Waals surface area contributed by atoms with Gasteiger partial charge in [-0.2, -0.15) is 5.26 Å². The van der Waals surface area contributed by atoms with E-state index in [1.807, 2.05) is 6.07 Å². The summed E-state index contributed by atoms with van der Waals surface area (Å²) in [6.07, 6.45) is 6.15. The minimum atomic E-state index is -0.712. The molecular formula is C16H13FN4O. The van der Waals surface area contributed by atoms with Crippen molar-refractivity contribution in [3.63, 3.8) is 0 Å². The molecule has 1 aliphatic rings. The molecule has 2 aromatic heterocycles. The van der Waals surface area contributed by atoms with Gasteiger partial charge in [0.05, 0.1) is 17.3 Å². The molecule has 1 aliphatic carbocycles. The molecule has 1 amide bonds. The van der Waals surface area contributed by atoms with Crippen LogP contribution in [0.1, 0.15) is 40.0 Å². The maximum Gasteiger partial charge on any atom is 0.259 e. The van der Waals surface area contributed by atoms with Crippen molar-refractivity contribution in [2.45, 2.75) is 25.7 Å². The molecule has 0 unspecified atom stereocenters. The maximum absolute atomic E-state index is 13.6. The zero-order valence-corrected chi connectivity index (χ0v) is 11.8. The Morgan fingerprint density at radius 2 is 2.18 bits per heavy atom. The van der Waals surface area contributed by atoms with Crippen LogP contribution in [-0.2, 0) is 12.8 Å². The van der Waals surface area contributed by atoms with Gasteiger partial charge in [0.15, 0.2) is 11.6 Å². The zero-order chi connectivity index (χ0) is 15.5. The maximum atomic E-state index is 13.6. The number of amides is 1. The van der Waals surface area contributed by atoms with Gasteiger partial charge < -0.3 is 5.32 Å². The largest absolute Gasteiger partial charge is 0.305 e. The van der Waals surface area contributed by atoms with Crippen LogP contribution in [0.5, 0.6) is 0 Å². The minimum Gasteiger partial charge on any atom is -0.305 e. The van der Waals surface area contributed by atoms with Gasteiger partial charge in [-0.3, -0.25) is 9.78 Å². The number of anilines is 1. The van der Waals surface area contributed by atoms with Crippen molar-refractivity contribution in [3.05, 3.63) is 52.7 Å². The number of hydrogen-bond acceptors (Lipinski definition) is 4. The molecule has 1 N–H and O–H groups in total. The third-order valence-corrected chi connectivity index (χ3v) is 3.67. The van der Waals surface area contributed by atoms with Crippen LogP contribution < -0.4 is 5.32 Å². The summed E-state index contributed by atoms with van der Waals surface area (Å²) in [6.45, 7) is 0. The summed E-state index contributed by atoms with van der Waals surface area (Å²) in [6, 6.07) is 5.08. The fourth-order valence-corrected chi connectivity index (χ4v) is 2.55. The molecule has 0 aliphatic heterocycles. The highest BCUT2D eigenvalue weighted by Crippen LogP contribution is 2.24. The van der Waals surface area contributed by atoms with Crippen molar-refractivity contribution in [1.82, 2.24) is 9.97 Å². The Balaban J connectivity index is 1.93. The standard InChI is InChI=1S/C16H13FN4O/c17-13-9-19-6-5-12(13)16(22)21-15-11(8-18)7-10-3-1-2-4-14(10)20-15/h5-7,9H,1-4H2,(H,20,21,22). The Morgan fingerprint density at radius 1 is 1.36 bits per heavy atom. The fraction of sp³-hybridized carbons (Fsp3) is 0.250. The van der Waals surface area contributed by atoms with Gasteiger partial charge in [0.2, 0.25) is 0 Å². The van der Waals surface area contributed by atoms with Crippen LogP contribution in [-0.4, -0.2) is 15.9 Å². The van der Waals surface area contributed by atoms with E-state index >= 15 is 0 Å². The highest BCUT2D eigenvalue weighted by molar-refractivity contribution is 6.04. The molecule has 0 saturated heterocycles. The molecule has 22 heavy (non-hydrogen) atoms. The van der Waals surface area contributed by atoms with Crippen molar-refractivity contribution in [2.75, 3.05) is 5.32 Å². The summed E-state index contributed by atoms with van der Waals surface area (Å²) in [5.41, 5.74) is 2.12. The van der Waals surface area contributed by atoms with Gasteiger partial charge in [-0.25, -0.2) is 9.37 Å². The van der Waals surface area contributed by atoms with Gasteiger partial charge in [0, 0.05) is 11.9 Å². The zero-order valence-electron chi connectivity index (χ0n) is 11.8. The number of hydrogen-bond donors (Lipinski definition) is 1. The van der Waals surface area contributed by atoms with E-state index in [1.54, 1.807) is 6.07 Å². The fourth-order valence-electron chi connectivity index (χ4n) is 2.55. The molecular weight excluding hydrogens is 283 g/mol. The number of carbonyl (C=O) groups is 1. The summed E-state index contributed by atoms with van der Waals surface area (Å²) in [5.74, 6) is -1.17. The molecule has 3 rings (SSSR count). The van der Waals surface area contributed by atoms with Crippen molar-refractivity contribution in [1.29, 1.82) is 5.26 Å². The van der Waals surface area contributed by atoms with Crippen molar-refractivity contribution in [3.8, 4) is 6.07 Å². The van der Waals surface area contributed by atoms with Gasteiger partial charge in [0.1, 0.15) is 6.07 Å². The van der Waals surface area contributed by atoms with Crippen LogP contribution in [0.15, 0.2) is 24.5 Å². The van der Waals surface area contributed by atoms with Crippen LogP contribution in [0.25, 0.3) is 0 Å². The average Bonchev–Trinajstić information content (AvgIpc) is 2.54. The highest BCUT2D eigenvalue weighted by atomic mass is 19.1. The molecule has 0 radical (unpaired) electrons. The number of nitrogens with one attached hydrogen (secondary N) is 1. The molecule has 110 valence electrons. The van der Waals surface area contributed by atoms with Crippen molar-refractivity contribution >= 4 is 11.7 Å². The first-order chi connectivity index (χ1) is 10.7. The second-order valence-electron chi connectivity index (χ2n) is 5.12. The van der Waals surface area contributed by atoms with E-state index in [2.05, 4.69) is 15.3 Å². The molecule has 0 saturated carbocycles. The number of pyridine rings is 2. The van der Waals surface area contributed by atoms with Crippen molar-refractivity contribution in [2.24, 2.45) is 0 Å². The van der Waals surface area contributed by atoms with Crippen LogP contribution in [0, 0.1) is 17.1 Å². The molecule has 5 nitrogen and oxygen atoms in total. The van der Waals surface area contributed by atoms with Gasteiger partial charge in [0.25, 0.3) is 5.91 Å². The minimum absolute atomic E-state index is 0.126. The number of aryl methyl sites for hydroxylation is 2. The molecule has 0 atom stereocenters. The summed E-state index contributed by atoms with van der Waals surface area (Å²) >= 11 is 0. The van der Waals surface area contributed by atoms with Gasteiger partial charge in [-0.05, 0) is 43.4 Å². The second kappa shape index (κ2) is 5.90. The third kappa shape index (κ3) is 2.66. The lowest BCUT2D eigenvalue weighted by Crippen LogP contribution is -2.17. The summed E-state index contributed by atoms with van der Waals surface area (Å²) in [5, 5.41) is 11.8. The molecule has 0 spiro atoms. The first-order valence-corrected chi connectivity index (χ1v) is 7.03. The van der Waals surface area contributed by atoms with E-state index < -0.39 is 11.7 Å². The lowest BCUT2D eigenvalue weighted by Gasteiger charge is -2.17. The van der Waals surface area contributed by atoms with E-state index in [1.165, 1.54) is 12.3 Å². The van der Waals surface area contributed by atoms with Crippen LogP contribution >= 0.6 is 0 Å². The van der Waals surface area contributed by atoms with Crippen LogP contribution in [0.4, 0.5) is 10.2 Å². The average molecular weight is 296 g/mol. The summed E-state index contributed by atoms with van der Waals surface area (Å²) in [4.78, 5) is 20.1. The van der Waals surface area contributed by atoms with E-state index in [9.17, 15) is 14.4 Å². The first-order valence-electron chi connectivity index (χ1n) is 7.03. The topological polar surface area (TPSA) is 78.7 Å². The molecule has 0 aromatic carbocycles. The summed E-state index contributed by atoms with van der Waals surface area (Å²) in [7, 11) is 0. The number of nitriles is 1.